The van der Waals surface area contributed by atoms with Gasteiger partial charge in [0.25, 0.3) is 0 Å². The molecule has 1 atom stereocenters. The molecule has 0 aliphatic rings. The van der Waals surface area contributed by atoms with Crippen molar-refractivity contribution in [3.63, 3.8) is 0 Å². The van der Waals surface area contributed by atoms with Crippen molar-refractivity contribution in [2.24, 2.45) is 11.7 Å². The zero-order chi connectivity index (χ0) is 18.4. The Labute approximate surface area is 156 Å². The van der Waals surface area contributed by atoms with E-state index in [-0.39, 0.29) is 36.2 Å². The van der Waals surface area contributed by atoms with Crippen molar-refractivity contribution in [3.8, 4) is 5.75 Å². The van der Waals surface area contributed by atoms with Gasteiger partial charge in [-0.1, -0.05) is 13.8 Å². The summed E-state index contributed by atoms with van der Waals surface area (Å²) in [7, 11) is -3.22. The number of nitrogens with two attached hydrogens (primary N) is 1. The summed E-state index contributed by atoms with van der Waals surface area (Å²) in [5.74, 6) is 0.846. The first-order chi connectivity index (χ1) is 11.1. The first kappa shape index (κ1) is 23.7. The highest BCUT2D eigenvalue weighted by atomic mass is 35.5. The smallest absolute Gasteiger partial charge is 0.223 e. The average molecular weight is 393 g/mol. The highest BCUT2D eigenvalue weighted by molar-refractivity contribution is 7.90. The number of benzene rings is 1. The van der Waals surface area contributed by atoms with Gasteiger partial charge >= 0.3 is 0 Å². The van der Waals surface area contributed by atoms with Crippen LogP contribution >= 0.6 is 12.4 Å². The molecule has 8 heteroatoms. The molecule has 3 N–H and O–H groups in total. The predicted octanol–water partition coefficient (Wildman–Crippen LogP) is 2.16. The van der Waals surface area contributed by atoms with Crippen LogP contribution in [0.3, 0.4) is 0 Å². The number of amides is 1. The first-order valence-corrected chi connectivity index (χ1v) is 9.89. The van der Waals surface area contributed by atoms with E-state index < -0.39 is 15.4 Å². The lowest BCUT2D eigenvalue weighted by molar-refractivity contribution is -0.123. The summed E-state index contributed by atoms with van der Waals surface area (Å²) < 4.78 is 28.2. The van der Waals surface area contributed by atoms with Crippen LogP contribution in [0.4, 0.5) is 0 Å². The summed E-state index contributed by atoms with van der Waals surface area (Å²) in [5, 5.41) is 2.97. The van der Waals surface area contributed by atoms with E-state index in [1.165, 1.54) is 12.1 Å². The third kappa shape index (κ3) is 8.56. The van der Waals surface area contributed by atoms with Crippen molar-refractivity contribution in [1.29, 1.82) is 0 Å². The Kier molecular flexibility index (Phi) is 9.47. The molecule has 0 aliphatic heterocycles. The summed E-state index contributed by atoms with van der Waals surface area (Å²) in [5.41, 5.74) is 5.36. The fourth-order valence-electron chi connectivity index (χ4n) is 2.53. The molecule has 0 radical (unpaired) electrons. The number of hydrogen-bond donors (Lipinski definition) is 2. The highest BCUT2D eigenvalue weighted by Crippen LogP contribution is 2.17. The quantitative estimate of drug-likeness (QED) is 0.670. The number of carbonyl (C=O) groups is 1. The molecule has 1 aromatic carbocycles. The number of ether oxygens (including phenoxy) is 1. The lowest BCUT2D eigenvalue weighted by Crippen LogP contribution is -2.52. The summed E-state index contributed by atoms with van der Waals surface area (Å²) >= 11 is 0. The molecule has 6 nitrogen and oxygen atoms in total. The van der Waals surface area contributed by atoms with Gasteiger partial charge < -0.3 is 15.8 Å². The van der Waals surface area contributed by atoms with Gasteiger partial charge in [-0.3, -0.25) is 4.79 Å². The molecule has 0 aromatic heterocycles. The van der Waals surface area contributed by atoms with Crippen LogP contribution < -0.4 is 15.8 Å². The average Bonchev–Trinajstić information content (AvgIpc) is 2.46. The maximum Gasteiger partial charge on any atom is 0.223 e. The van der Waals surface area contributed by atoms with Crippen LogP contribution in [0.2, 0.25) is 0 Å². The molecule has 0 heterocycles. The van der Waals surface area contributed by atoms with Crippen molar-refractivity contribution >= 4 is 28.2 Å². The summed E-state index contributed by atoms with van der Waals surface area (Å²) in [6, 6.07) is 6.13. The van der Waals surface area contributed by atoms with Crippen LogP contribution in [0.25, 0.3) is 0 Å². The number of hydrogen-bond acceptors (Lipinski definition) is 5. The molecule has 1 amide bonds. The SMILES string of the molecule is CC(C)CC(C)(CN)NC(=O)CCOc1ccc(S(C)(=O)=O)cc1.Cl. The lowest BCUT2D eigenvalue weighted by atomic mass is 9.90. The first-order valence-electron chi connectivity index (χ1n) is 8.00. The van der Waals surface area contributed by atoms with Crippen LogP contribution in [0.1, 0.15) is 33.6 Å². The predicted molar refractivity (Wildman–Crippen MR) is 102 cm³/mol. The Hall–Kier alpha value is -1.31. The van der Waals surface area contributed by atoms with Gasteiger partial charge in [0.1, 0.15) is 5.75 Å². The second kappa shape index (κ2) is 9.99. The Bertz CT molecular complexity index is 647. The van der Waals surface area contributed by atoms with E-state index in [1.807, 2.05) is 6.92 Å². The molecule has 1 rings (SSSR count). The van der Waals surface area contributed by atoms with E-state index in [4.69, 9.17) is 10.5 Å². The van der Waals surface area contributed by atoms with E-state index >= 15 is 0 Å². The largest absolute Gasteiger partial charge is 0.493 e. The van der Waals surface area contributed by atoms with Crippen LogP contribution in [0, 0.1) is 5.92 Å². The van der Waals surface area contributed by atoms with Gasteiger partial charge in [0, 0.05) is 18.3 Å². The van der Waals surface area contributed by atoms with Gasteiger partial charge in [-0.25, -0.2) is 8.42 Å². The zero-order valence-corrected chi connectivity index (χ0v) is 16.9. The van der Waals surface area contributed by atoms with Crippen molar-refractivity contribution in [1.82, 2.24) is 5.32 Å². The lowest BCUT2D eigenvalue weighted by Gasteiger charge is -2.31. The summed E-state index contributed by atoms with van der Waals surface area (Å²) in [6.07, 6.45) is 2.17. The van der Waals surface area contributed by atoms with Crippen molar-refractivity contribution in [2.75, 3.05) is 19.4 Å². The van der Waals surface area contributed by atoms with E-state index in [0.717, 1.165) is 12.7 Å². The third-order valence-corrected chi connectivity index (χ3v) is 4.73. The minimum absolute atomic E-state index is 0. The van der Waals surface area contributed by atoms with Crippen molar-refractivity contribution < 1.29 is 17.9 Å². The van der Waals surface area contributed by atoms with Gasteiger partial charge in [0.15, 0.2) is 9.84 Å². The second-order valence-corrected chi connectivity index (χ2v) is 8.77. The standard InChI is InChI=1S/C17H28N2O4S.ClH/c1-13(2)11-17(3,12-18)19-16(20)9-10-23-14-5-7-15(8-6-14)24(4,21)22;/h5-8,13H,9-12,18H2,1-4H3,(H,19,20);1H. The molecule has 0 aliphatic carbocycles. The molecule has 144 valence electrons. The van der Waals surface area contributed by atoms with Crippen LogP contribution in [0.5, 0.6) is 5.75 Å². The van der Waals surface area contributed by atoms with Gasteiger partial charge in [0.05, 0.1) is 17.9 Å². The van der Waals surface area contributed by atoms with Crippen molar-refractivity contribution in [2.45, 2.75) is 44.0 Å². The number of halogens is 1. The zero-order valence-electron chi connectivity index (χ0n) is 15.2. The van der Waals surface area contributed by atoms with Crippen LogP contribution in [-0.2, 0) is 14.6 Å². The van der Waals surface area contributed by atoms with Gasteiger partial charge in [-0.05, 0) is 43.5 Å². The Morgan fingerprint density at radius 1 is 1.28 bits per heavy atom. The third-order valence-electron chi connectivity index (χ3n) is 3.60. The molecule has 0 bridgehead atoms. The molecule has 25 heavy (non-hydrogen) atoms. The van der Waals surface area contributed by atoms with Crippen molar-refractivity contribution in [3.05, 3.63) is 24.3 Å². The highest BCUT2D eigenvalue weighted by Gasteiger charge is 2.25. The topological polar surface area (TPSA) is 98.5 Å². The van der Waals surface area contributed by atoms with E-state index in [0.29, 0.717) is 18.2 Å². The second-order valence-electron chi connectivity index (χ2n) is 6.75. The van der Waals surface area contributed by atoms with E-state index in [9.17, 15) is 13.2 Å². The molecular formula is C17H29ClN2O4S. The Morgan fingerprint density at radius 3 is 2.28 bits per heavy atom. The normalized spacial score (nSPS) is 13.7. The van der Waals surface area contributed by atoms with E-state index in [2.05, 4.69) is 19.2 Å². The van der Waals surface area contributed by atoms with Gasteiger partial charge in [0.2, 0.25) is 5.91 Å². The van der Waals surface area contributed by atoms with Gasteiger partial charge in [-0.15, -0.1) is 12.4 Å². The molecule has 0 saturated carbocycles. The minimum atomic E-state index is -3.22. The number of nitrogens with one attached hydrogen (secondary N) is 1. The fourth-order valence-corrected chi connectivity index (χ4v) is 3.16. The minimum Gasteiger partial charge on any atom is -0.493 e. The van der Waals surface area contributed by atoms with Gasteiger partial charge in [-0.2, -0.15) is 0 Å². The molecular weight excluding hydrogens is 364 g/mol. The molecule has 0 saturated heterocycles. The Balaban J connectivity index is 0.00000576. The molecule has 0 spiro atoms. The fraction of sp³-hybridized carbons (Fsp3) is 0.588. The van der Waals surface area contributed by atoms with Crippen LogP contribution in [0.15, 0.2) is 29.2 Å². The molecule has 1 unspecified atom stereocenters. The van der Waals surface area contributed by atoms with Crippen LogP contribution in [-0.4, -0.2) is 39.3 Å². The Morgan fingerprint density at radius 2 is 1.84 bits per heavy atom. The maximum absolute atomic E-state index is 12.0. The number of rotatable bonds is 9. The maximum atomic E-state index is 12.0. The molecule has 0 fully saturated rings. The van der Waals surface area contributed by atoms with E-state index in [1.54, 1.807) is 12.1 Å². The molecule has 1 aromatic rings. The number of carbonyl (C=O) groups excluding carboxylic acids is 1. The monoisotopic (exact) mass is 392 g/mol. The summed E-state index contributed by atoms with van der Waals surface area (Å²) in [6.45, 7) is 6.71. The number of sulfone groups is 1. The summed E-state index contributed by atoms with van der Waals surface area (Å²) in [4.78, 5) is 12.3.